The van der Waals surface area contributed by atoms with E-state index in [-0.39, 0.29) is 19.1 Å². The Labute approximate surface area is 104 Å². The second kappa shape index (κ2) is 7.36. The van der Waals surface area contributed by atoms with Crippen LogP contribution in [0.25, 0.3) is 0 Å². The Kier molecular flexibility index (Phi) is 5.75. The average Bonchev–Trinajstić information content (AvgIpc) is 2.73. The summed E-state index contributed by atoms with van der Waals surface area (Å²) < 4.78 is 4.48. The van der Waals surface area contributed by atoms with Crippen LogP contribution in [0.2, 0.25) is 0 Å². The van der Waals surface area contributed by atoms with Gasteiger partial charge in [-0.2, -0.15) is 0 Å². The molecule has 0 bridgehead atoms. The third kappa shape index (κ3) is 4.89. The van der Waals surface area contributed by atoms with E-state index in [1.807, 2.05) is 0 Å². The average molecular weight is 256 g/mol. The number of azo groups is 1. The van der Waals surface area contributed by atoms with Gasteiger partial charge in [0.25, 0.3) is 5.91 Å². The Morgan fingerprint density at radius 1 is 1.44 bits per heavy atom. The highest BCUT2D eigenvalue weighted by Crippen LogP contribution is 2.01. The molecule has 18 heavy (non-hydrogen) atoms. The van der Waals surface area contributed by atoms with Gasteiger partial charge in [-0.25, -0.2) is 9.59 Å². The molecule has 0 spiro atoms. The number of hydrogen-bond donors (Lipinski definition) is 1. The summed E-state index contributed by atoms with van der Waals surface area (Å²) in [4.78, 5) is 34.8. The van der Waals surface area contributed by atoms with Crippen LogP contribution in [0.4, 0.5) is 9.59 Å². The zero-order chi connectivity index (χ0) is 13.4. The Bertz CT molecular complexity index is 356. The number of nitrogens with zero attached hydrogens (tertiary/aromatic N) is 3. The van der Waals surface area contributed by atoms with Crippen molar-refractivity contribution in [3.05, 3.63) is 0 Å². The molecule has 0 saturated carbocycles. The number of amides is 4. The van der Waals surface area contributed by atoms with Crippen molar-refractivity contribution in [2.75, 3.05) is 26.2 Å². The fourth-order valence-electron chi connectivity index (χ4n) is 1.44. The molecule has 1 N–H and O–H groups in total. The van der Waals surface area contributed by atoms with Gasteiger partial charge in [0.2, 0.25) is 0 Å². The van der Waals surface area contributed by atoms with Crippen LogP contribution in [-0.2, 0) is 9.53 Å². The second-order valence-corrected chi connectivity index (χ2v) is 3.62. The van der Waals surface area contributed by atoms with Crippen LogP contribution in [-0.4, -0.2) is 49.2 Å². The molecule has 1 fully saturated rings. The van der Waals surface area contributed by atoms with E-state index >= 15 is 0 Å². The summed E-state index contributed by atoms with van der Waals surface area (Å²) in [5.41, 5.74) is 0. The summed E-state index contributed by atoms with van der Waals surface area (Å²) in [5, 5.41) is 8.98. The quantitative estimate of drug-likeness (QED) is 0.739. The first-order valence-corrected chi connectivity index (χ1v) is 5.77. The van der Waals surface area contributed by atoms with Gasteiger partial charge in [0.15, 0.2) is 0 Å². The highest BCUT2D eigenvalue weighted by molar-refractivity contribution is 5.79. The number of carbonyl (C=O) groups is 3. The van der Waals surface area contributed by atoms with Gasteiger partial charge in [0.1, 0.15) is 0 Å². The summed E-state index contributed by atoms with van der Waals surface area (Å²) in [6, 6.07) is -0.115. The van der Waals surface area contributed by atoms with E-state index < -0.39 is 12.0 Å². The number of carbonyl (C=O) groups excluding carboxylic acids is 3. The van der Waals surface area contributed by atoms with E-state index in [4.69, 9.17) is 0 Å². The van der Waals surface area contributed by atoms with E-state index in [1.165, 1.54) is 0 Å². The first-order chi connectivity index (χ1) is 8.63. The van der Waals surface area contributed by atoms with E-state index in [1.54, 1.807) is 11.8 Å². The number of urea groups is 1. The highest BCUT2D eigenvalue weighted by Gasteiger charge is 2.18. The highest BCUT2D eigenvalue weighted by atomic mass is 16.5. The fraction of sp³-hybridized carbons (Fsp3) is 0.700. The zero-order valence-electron chi connectivity index (χ0n) is 10.2. The first kappa shape index (κ1) is 14.1. The van der Waals surface area contributed by atoms with Gasteiger partial charge >= 0.3 is 12.1 Å². The van der Waals surface area contributed by atoms with Gasteiger partial charge in [-0.05, 0) is 13.3 Å². The number of ether oxygens (including phenoxy) is 1. The standard InChI is InChI=1S/C10H16N4O4/c1-2-18-10(17)13-12-8(15)4-3-6-14-7-5-11-9(14)16/h2-7H2,1H3,(H,11,16)/b13-12-. The molecule has 8 nitrogen and oxygen atoms in total. The summed E-state index contributed by atoms with van der Waals surface area (Å²) in [6.07, 6.45) is -0.231. The van der Waals surface area contributed by atoms with Gasteiger partial charge in [-0.15, -0.1) is 5.11 Å². The maximum absolute atomic E-state index is 11.2. The zero-order valence-corrected chi connectivity index (χ0v) is 10.2. The molecule has 0 radical (unpaired) electrons. The van der Waals surface area contributed by atoms with Crippen LogP contribution < -0.4 is 5.32 Å². The van der Waals surface area contributed by atoms with Crippen molar-refractivity contribution in [3.8, 4) is 0 Å². The molecule has 0 aliphatic carbocycles. The summed E-state index contributed by atoms with van der Waals surface area (Å²) in [7, 11) is 0. The fourth-order valence-corrected chi connectivity index (χ4v) is 1.44. The Balaban J connectivity index is 2.17. The molecular formula is C10H16N4O4. The van der Waals surface area contributed by atoms with Crippen molar-refractivity contribution in [3.63, 3.8) is 0 Å². The van der Waals surface area contributed by atoms with Gasteiger partial charge in [0.05, 0.1) is 6.61 Å². The topological polar surface area (TPSA) is 100 Å². The van der Waals surface area contributed by atoms with Gasteiger partial charge < -0.3 is 15.0 Å². The molecule has 1 heterocycles. The molecule has 0 aromatic heterocycles. The molecule has 0 aromatic carbocycles. The van der Waals surface area contributed by atoms with E-state index in [0.29, 0.717) is 26.1 Å². The van der Waals surface area contributed by atoms with Crippen molar-refractivity contribution in [2.24, 2.45) is 10.2 Å². The minimum Gasteiger partial charge on any atom is -0.447 e. The summed E-state index contributed by atoms with van der Waals surface area (Å²) in [5.74, 6) is -0.498. The molecule has 4 amide bonds. The Morgan fingerprint density at radius 3 is 2.83 bits per heavy atom. The van der Waals surface area contributed by atoms with E-state index in [9.17, 15) is 14.4 Å². The second-order valence-electron chi connectivity index (χ2n) is 3.62. The maximum Gasteiger partial charge on any atom is 0.452 e. The lowest BCUT2D eigenvalue weighted by Gasteiger charge is -2.12. The number of nitrogens with one attached hydrogen (secondary N) is 1. The number of rotatable bonds is 5. The minimum absolute atomic E-state index is 0.115. The number of hydrogen-bond acceptors (Lipinski definition) is 4. The first-order valence-electron chi connectivity index (χ1n) is 5.77. The normalized spacial score (nSPS) is 14.9. The molecule has 0 aromatic rings. The van der Waals surface area contributed by atoms with E-state index in [0.717, 1.165) is 0 Å². The SMILES string of the molecule is CCOC(=O)/N=N\C(=O)CCCN1CCNC1=O. The lowest BCUT2D eigenvalue weighted by atomic mass is 10.3. The Morgan fingerprint density at radius 2 is 2.22 bits per heavy atom. The molecule has 1 rings (SSSR count). The predicted octanol–water partition coefficient (Wildman–Crippen LogP) is 0.927. The predicted molar refractivity (Wildman–Crippen MR) is 61.1 cm³/mol. The molecular weight excluding hydrogens is 240 g/mol. The molecule has 0 unspecified atom stereocenters. The lowest BCUT2D eigenvalue weighted by molar-refractivity contribution is -0.118. The van der Waals surface area contributed by atoms with Gasteiger partial charge in [0, 0.05) is 26.1 Å². The third-order valence-electron chi connectivity index (χ3n) is 2.27. The molecule has 1 aliphatic rings. The summed E-state index contributed by atoms with van der Waals surface area (Å²) in [6.45, 7) is 3.60. The van der Waals surface area contributed by atoms with Crippen LogP contribution >= 0.6 is 0 Å². The van der Waals surface area contributed by atoms with Crippen molar-refractivity contribution in [2.45, 2.75) is 19.8 Å². The van der Waals surface area contributed by atoms with Crippen LogP contribution in [0, 0.1) is 0 Å². The van der Waals surface area contributed by atoms with Crippen LogP contribution in [0.1, 0.15) is 19.8 Å². The van der Waals surface area contributed by atoms with Crippen LogP contribution in [0.3, 0.4) is 0 Å². The van der Waals surface area contributed by atoms with Crippen LogP contribution in [0.5, 0.6) is 0 Å². The van der Waals surface area contributed by atoms with Crippen molar-refractivity contribution in [1.82, 2.24) is 10.2 Å². The summed E-state index contributed by atoms with van der Waals surface area (Å²) >= 11 is 0. The van der Waals surface area contributed by atoms with Gasteiger partial charge in [-0.1, -0.05) is 5.11 Å². The monoisotopic (exact) mass is 256 g/mol. The van der Waals surface area contributed by atoms with Crippen molar-refractivity contribution in [1.29, 1.82) is 0 Å². The van der Waals surface area contributed by atoms with E-state index in [2.05, 4.69) is 20.3 Å². The van der Waals surface area contributed by atoms with Crippen LogP contribution in [0.15, 0.2) is 10.2 Å². The lowest BCUT2D eigenvalue weighted by Crippen LogP contribution is -2.29. The third-order valence-corrected chi connectivity index (χ3v) is 2.27. The van der Waals surface area contributed by atoms with Crippen molar-refractivity contribution >= 4 is 18.0 Å². The molecule has 8 heteroatoms. The minimum atomic E-state index is -0.871. The molecule has 0 atom stereocenters. The largest absolute Gasteiger partial charge is 0.452 e. The van der Waals surface area contributed by atoms with Crippen molar-refractivity contribution < 1.29 is 19.1 Å². The molecule has 100 valence electrons. The van der Waals surface area contributed by atoms with Gasteiger partial charge in [-0.3, -0.25) is 4.79 Å². The maximum atomic E-state index is 11.2. The molecule has 1 saturated heterocycles. The Hall–Kier alpha value is -1.99. The molecule has 1 aliphatic heterocycles. The smallest absolute Gasteiger partial charge is 0.447 e.